The third kappa shape index (κ3) is 6.49. The van der Waals surface area contributed by atoms with Gasteiger partial charge < -0.3 is 14.8 Å². The van der Waals surface area contributed by atoms with Gasteiger partial charge >= 0.3 is 0 Å². The summed E-state index contributed by atoms with van der Waals surface area (Å²) >= 11 is 0. The second-order valence-electron chi connectivity index (χ2n) is 5.95. The molecule has 0 radical (unpaired) electrons. The van der Waals surface area contributed by atoms with Crippen LogP contribution in [0.3, 0.4) is 0 Å². The highest BCUT2D eigenvalue weighted by atomic mass is 16.5. The smallest absolute Gasteiger partial charge is 0.224 e. The Hall–Kier alpha value is -2.49. The maximum Gasteiger partial charge on any atom is 0.224 e. The van der Waals surface area contributed by atoms with Gasteiger partial charge in [0, 0.05) is 6.54 Å². The number of benzene rings is 2. The second kappa shape index (κ2) is 10.4. The van der Waals surface area contributed by atoms with Gasteiger partial charge in [-0.05, 0) is 36.1 Å². The third-order valence-electron chi connectivity index (χ3n) is 3.93. The van der Waals surface area contributed by atoms with E-state index in [0.717, 1.165) is 41.9 Å². The van der Waals surface area contributed by atoms with Crippen molar-refractivity contribution in [2.45, 2.75) is 32.6 Å². The summed E-state index contributed by atoms with van der Waals surface area (Å²) in [5.41, 5.74) is 2.13. The van der Waals surface area contributed by atoms with Crippen molar-refractivity contribution in [2.24, 2.45) is 0 Å². The van der Waals surface area contributed by atoms with Crippen molar-refractivity contribution in [1.29, 1.82) is 0 Å². The fraction of sp³-hybridized carbons (Fsp3) is 0.381. The summed E-state index contributed by atoms with van der Waals surface area (Å²) in [7, 11) is 1.65. The SMILES string of the molecule is CCCCOc1ccc(CCNC(=O)Cc2ccccc2)cc1OC. The molecule has 1 N–H and O–H groups in total. The van der Waals surface area contributed by atoms with Gasteiger partial charge in [0.15, 0.2) is 11.5 Å². The Morgan fingerprint density at radius 3 is 2.56 bits per heavy atom. The minimum absolute atomic E-state index is 0.0395. The van der Waals surface area contributed by atoms with E-state index in [4.69, 9.17) is 9.47 Å². The molecular weight excluding hydrogens is 314 g/mol. The molecule has 0 aromatic heterocycles. The predicted octanol–water partition coefficient (Wildman–Crippen LogP) is 3.78. The summed E-state index contributed by atoms with van der Waals surface area (Å²) in [6.45, 7) is 3.43. The monoisotopic (exact) mass is 341 g/mol. The Labute approximate surface area is 150 Å². The van der Waals surface area contributed by atoms with Gasteiger partial charge in [0.25, 0.3) is 0 Å². The second-order valence-corrected chi connectivity index (χ2v) is 5.95. The van der Waals surface area contributed by atoms with Crippen LogP contribution in [-0.4, -0.2) is 26.2 Å². The summed E-state index contributed by atoms with van der Waals surface area (Å²) in [6, 6.07) is 15.7. The number of rotatable bonds is 10. The Morgan fingerprint density at radius 2 is 1.84 bits per heavy atom. The summed E-state index contributed by atoms with van der Waals surface area (Å²) in [5.74, 6) is 1.55. The first-order valence-electron chi connectivity index (χ1n) is 8.83. The van der Waals surface area contributed by atoms with E-state index in [1.165, 1.54) is 0 Å². The molecule has 0 saturated carbocycles. The van der Waals surface area contributed by atoms with Crippen molar-refractivity contribution < 1.29 is 14.3 Å². The number of carbonyl (C=O) groups is 1. The Kier molecular flexibility index (Phi) is 7.83. The van der Waals surface area contributed by atoms with Crippen molar-refractivity contribution in [3.63, 3.8) is 0 Å². The zero-order valence-electron chi connectivity index (χ0n) is 15.1. The molecule has 4 heteroatoms. The van der Waals surface area contributed by atoms with E-state index in [1.807, 2.05) is 48.5 Å². The Bertz CT molecular complexity index is 655. The van der Waals surface area contributed by atoms with Crippen molar-refractivity contribution in [1.82, 2.24) is 5.32 Å². The first kappa shape index (κ1) is 18.8. The van der Waals surface area contributed by atoms with Gasteiger partial charge in [-0.3, -0.25) is 4.79 Å². The minimum atomic E-state index is 0.0395. The third-order valence-corrected chi connectivity index (χ3v) is 3.93. The number of unbranched alkanes of at least 4 members (excludes halogenated alkanes) is 1. The lowest BCUT2D eigenvalue weighted by atomic mass is 10.1. The van der Waals surface area contributed by atoms with Gasteiger partial charge in [0.05, 0.1) is 20.1 Å². The molecule has 0 atom stereocenters. The first-order chi connectivity index (χ1) is 12.2. The molecule has 25 heavy (non-hydrogen) atoms. The number of ether oxygens (including phenoxy) is 2. The predicted molar refractivity (Wildman–Crippen MR) is 100 cm³/mol. The van der Waals surface area contributed by atoms with Gasteiger partial charge in [-0.2, -0.15) is 0 Å². The maximum absolute atomic E-state index is 12.0. The molecule has 2 aromatic carbocycles. The molecule has 0 bridgehead atoms. The van der Waals surface area contributed by atoms with Crippen LogP contribution in [-0.2, 0) is 17.6 Å². The lowest BCUT2D eigenvalue weighted by molar-refractivity contribution is -0.120. The molecule has 0 aliphatic heterocycles. The van der Waals surface area contributed by atoms with Crippen LogP contribution in [0, 0.1) is 0 Å². The van der Waals surface area contributed by atoms with Crippen LogP contribution in [0.5, 0.6) is 11.5 Å². The standard InChI is InChI=1S/C21H27NO3/c1-3-4-14-25-19-11-10-18(15-20(19)24-2)12-13-22-21(23)16-17-8-6-5-7-9-17/h5-11,15H,3-4,12-14,16H2,1-2H3,(H,22,23). The summed E-state index contributed by atoms with van der Waals surface area (Å²) in [5, 5.41) is 2.96. The molecule has 2 rings (SSSR count). The summed E-state index contributed by atoms with van der Waals surface area (Å²) in [4.78, 5) is 12.0. The zero-order valence-corrected chi connectivity index (χ0v) is 15.1. The summed E-state index contributed by atoms with van der Waals surface area (Å²) < 4.78 is 11.1. The summed E-state index contributed by atoms with van der Waals surface area (Å²) in [6.07, 6.45) is 3.29. The molecule has 4 nitrogen and oxygen atoms in total. The fourth-order valence-electron chi connectivity index (χ4n) is 2.50. The molecule has 1 amide bonds. The number of carbonyl (C=O) groups excluding carboxylic acids is 1. The van der Waals surface area contributed by atoms with Gasteiger partial charge in [-0.1, -0.05) is 49.7 Å². The number of hydrogen-bond donors (Lipinski definition) is 1. The molecule has 0 unspecified atom stereocenters. The van der Waals surface area contributed by atoms with E-state index in [2.05, 4.69) is 12.2 Å². The molecule has 0 heterocycles. The fourth-order valence-corrected chi connectivity index (χ4v) is 2.50. The minimum Gasteiger partial charge on any atom is -0.493 e. The first-order valence-corrected chi connectivity index (χ1v) is 8.83. The molecular formula is C21H27NO3. The number of amides is 1. The quantitative estimate of drug-likeness (QED) is 0.669. The molecule has 0 aliphatic rings. The van der Waals surface area contributed by atoms with Gasteiger partial charge in [-0.15, -0.1) is 0 Å². The van der Waals surface area contributed by atoms with Crippen molar-refractivity contribution >= 4 is 5.91 Å². The van der Waals surface area contributed by atoms with Crippen molar-refractivity contribution in [3.05, 3.63) is 59.7 Å². The highest BCUT2D eigenvalue weighted by molar-refractivity contribution is 5.78. The van der Waals surface area contributed by atoms with Crippen molar-refractivity contribution in [3.8, 4) is 11.5 Å². The number of methoxy groups -OCH3 is 1. The van der Waals surface area contributed by atoms with Crippen molar-refractivity contribution in [2.75, 3.05) is 20.3 Å². The van der Waals surface area contributed by atoms with Crippen LogP contribution in [0.1, 0.15) is 30.9 Å². The number of nitrogens with one attached hydrogen (secondary N) is 1. The maximum atomic E-state index is 12.0. The van der Waals surface area contributed by atoms with E-state index in [9.17, 15) is 4.79 Å². The van der Waals surface area contributed by atoms with Crippen LogP contribution in [0.2, 0.25) is 0 Å². The Morgan fingerprint density at radius 1 is 1.04 bits per heavy atom. The largest absolute Gasteiger partial charge is 0.493 e. The highest BCUT2D eigenvalue weighted by Crippen LogP contribution is 2.28. The highest BCUT2D eigenvalue weighted by Gasteiger charge is 2.07. The van der Waals surface area contributed by atoms with E-state index in [1.54, 1.807) is 7.11 Å². The van der Waals surface area contributed by atoms with Crippen LogP contribution in [0.15, 0.2) is 48.5 Å². The zero-order chi connectivity index (χ0) is 17.9. The molecule has 2 aromatic rings. The van der Waals surface area contributed by atoms with E-state index in [-0.39, 0.29) is 5.91 Å². The molecule has 0 fully saturated rings. The van der Waals surface area contributed by atoms with E-state index >= 15 is 0 Å². The molecule has 134 valence electrons. The average molecular weight is 341 g/mol. The molecule has 0 aliphatic carbocycles. The number of hydrogen-bond acceptors (Lipinski definition) is 3. The molecule has 0 spiro atoms. The lowest BCUT2D eigenvalue weighted by Crippen LogP contribution is -2.27. The topological polar surface area (TPSA) is 47.6 Å². The van der Waals surface area contributed by atoms with Gasteiger partial charge in [-0.25, -0.2) is 0 Å². The average Bonchev–Trinajstić information content (AvgIpc) is 2.63. The van der Waals surface area contributed by atoms with Crippen LogP contribution >= 0.6 is 0 Å². The van der Waals surface area contributed by atoms with E-state index in [0.29, 0.717) is 19.6 Å². The van der Waals surface area contributed by atoms with Crippen LogP contribution < -0.4 is 14.8 Å². The van der Waals surface area contributed by atoms with Crippen LogP contribution in [0.4, 0.5) is 0 Å². The van der Waals surface area contributed by atoms with Gasteiger partial charge in [0.2, 0.25) is 5.91 Å². The van der Waals surface area contributed by atoms with Gasteiger partial charge in [0.1, 0.15) is 0 Å². The lowest BCUT2D eigenvalue weighted by Gasteiger charge is -2.12. The Balaban J connectivity index is 1.81. The van der Waals surface area contributed by atoms with Crippen LogP contribution in [0.25, 0.3) is 0 Å². The van der Waals surface area contributed by atoms with E-state index < -0.39 is 0 Å². The normalized spacial score (nSPS) is 10.3. The molecule has 0 saturated heterocycles.